The molecule has 0 aliphatic heterocycles. The maximum absolute atomic E-state index is 6.05. The number of nitrogens with one attached hydrogen (secondary N) is 1. The Kier molecular flexibility index (Phi) is 5.85. The molecule has 0 spiro atoms. The summed E-state index contributed by atoms with van der Waals surface area (Å²) in [6.45, 7) is 5.93. The summed E-state index contributed by atoms with van der Waals surface area (Å²) in [5, 5.41) is 12.4. The van der Waals surface area contributed by atoms with Gasteiger partial charge in [-0.25, -0.2) is 4.68 Å². The first-order valence-corrected chi connectivity index (χ1v) is 7.51. The summed E-state index contributed by atoms with van der Waals surface area (Å²) in [7, 11) is 0. The molecule has 0 amide bonds. The molecule has 0 radical (unpaired) electrons. The lowest BCUT2D eigenvalue weighted by Gasteiger charge is -2.08. The predicted molar refractivity (Wildman–Crippen MR) is 84.0 cm³/mol. The van der Waals surface area contributed by atoms with Crippen molar-refractivity contribution in [2.75, 3.05) is 6.61 Å². The fourth-order valence-electron chi connectivity index (χ4n) is 1.68. The summed E-state index contributed by atoms with van der Waals surface area (Å²) >= 11 is 12.0. The van der Waals surface area contributed by atoms with Gasteiger partial charge in [0.2, 0.25) is 0 Å². The zero-order chi connectivity index (χ0) is 15.2. The molecule has 0 fully saturated rings. The Bertz CT molecular complexity index is 586. The number of hydrogen-bond donors (Lipinski definition) is 1. The predicted octanol–water partition coefficient (Wildman–Crippen LogP) is 3.16. The molecule has 2 aromatic rings. The van der Waals surface area contributed by atoms with E-state index in [1.807, 2.05) is 6.20 Å². The fourth-order valence-corrected chi connectivity index (χ4v) is 2.03. The maximum atomic E-state index is 6.05. The minimum atomic E-state index is 0.420. The van der Waals surface area contributed by atoms with Crippen molar-refractivity contribution < 1.29 is 4.74 Å². The Morgan fingerprint density at radius 1 is 1.33 bits per heavy atom. The third-order valence-electron chi connectivity index (χ3n) is 2.77. The van der Waals surface area contributed by atoms with Gasteiger partial charge in [-0.05, 0) is 12.1 Å². The van der Waals surface area contributed by atoms with Crippen molar-refractivity contribution in [3.8, 4) is 5.75 Å². The molecule has 1 aromatic carbocycles. The molecule has 1 N–H and O–H groups in total. The van der Waals surface area contributed by atoms with Gasteiger partial charge in [0.15, 0.2) is 0 Å². The minimum Gasteiger partial charge on any atom is -0.490 e. The van der Waals surface area contributed by atoms with Crippen LogP contribution in [0.25, 0.3) is 0 Å². The number of nitrogens with zero attached hydrogens (tertiary/aromatic N) is 3. The van der Waals surface area contributed by atoms with Gasteiger partial charge in [0.25, 0.3) is 0 Å². The van der Waals surface area contributed by atoms with Crippen LogP contribution in [0.1, 0.15) is 19.5 Å². The molecule has 5 nitrogen and oxygen atoms in total. The van der Waals surface area contributed by atoms with Crippen LogP contribution in [-0.4, -0.2) is 27.6 Å². The van der Waals surface area contributed by atoms with Crippen molar-refractivity contribution in [2.24, 2.45) is 0 Å². The second-order valence-electron chi connectivity index (χ2n) is 4.91. The second-order valence-corrected chi connectivity index (χ2v) is 5.69. The largest absolute Gasteiger partial charge is 0.490 e. The zero-order valence-corrected chi connectivity index (χ0v) is 13.5. The Balaban J connectivity index is 1.82. The number of aromatic nitrogens is 3. The Labute approximate surface area is 134 Å². The molecule has 0 saturated carbocycles. The lowest BCUT2D eigenvalue weighted by atomic mass is 10.3. The molecule has 0 saturated heterocycles. The van der Waals surface area contributed by atoms with Gasteiger partial charge in [-0.15, -0.1) is 5.10 Å². The fraction of sp³-hybridized carbons (Fsp3) is 0.429. The standard InChI is InChI=1S/C14H18Cl2N4O/c1-10(2)17-8-11-9-20(19-18-11)6-7-21-13-5-3-4-12(15)14(13)16/h3-5,9-10,17H,6-8H2,1-2H3. The quantitative estimate of drug-likeness (QED) is 0.848. The summed E-state index contributed by atoms with van der Waals surface area (Å²) in [5.74, 6) is 0.575. The number of hydrogen-bond acceptors (Lipinski definition) is 4. The summed E-state index contributed by atoms with van der Waals surface area (Å²) < 4.78 is 7.35. The highest BCUT2D eigenvalue weighted by molar-refractivity contribution is 6.42. The summed E-state index contributed by atoms with van der Waals surface area (Å²) in [4.78, 5) is 0. The Hall–Kier alpha value is -1.30. The van der Waals surface area contributed by atoms with Gasteiger partial charge in [0.05, 0.1) is 17.3 Å². The lowest BCUT2D eigenvalue weighted by molar-refractivity contribution is 0.290. The van der Waals surface area contributed by atoms with E-state index in [1.165, 1.54) is 0 Å². The number of benzene rings is 1. The highest BCUT2D eigenvalue weighted by Gasteiger charge is 2.06. The van der Waals surface area contributed by atoms with Crippen LogP contribution in [0.4, 0.5) is 0 Å². The van der Waals surface area contributed by atoms with Gasteiger partial charge in [0.1, 0.15) is 17.4 Å². The van der Waals surface area contributed by atoms with Crippen LogP contribution in [0.3, 0.4) is 0 Å². The third kappa shape index (κ3) is 4.88. The van der Waals surface area contributed by atoms with E-state index in [-0.39, 0.29) is 0 Å². The van der Waals surface area contributed by atoms with E-state index in [2.05, 4.69) is 29.5 Å². The highest BCUT2D eigenvalue weighted by atomic mass is 35.5. The molecule has 2 rings (SSSR count). The average Bonchev–Trinajstić information content (AvgIpc) is 2.89. The summed E-state index contributed by atoms with van der Waals surface area (Å²) in [5.41, 5.74) is 0.907. The molecule has 7 heteroatoms. The first kappa shape index (κ1) is 16.1. The van der Waals surface area contributed by atoms with E-state index >= 15 is 0 Å². The minimum absolute atomic E-state index is 0.420. The average molecular weight is 329 g/mol. The Morgan fingerprint density at radius 2 is 2.14 bits per heavy atom. The van der Waals surface area contributed by atoms with Crippen LogP contribution in [0.2, 0.25) is 10.0 Å². The SMILES string of the molecule is CC(C)NCc1cn(CCOc2cccc(Cl)c2Cl)nn1. The van der Waals surface area contributed by atoms with Crippen molar-refractivity contribution in [3.63, 3.8) is 0 Å². The maximum Gasteiger partial charge on any atom is 0.139 e. The molecule has 21 heavy (non-hydrogen) atoms. The van der Waals surface area contributed by atoms with E-state index in [1.54, 1.807) is 22.9 Å². The van der Waals surface area contributed by atoms with E-state index in [0.717, 1.165) is 5.69 Å². The number of ether oxygens (including phenoxy) is 1. The Morgan fingerprint density at radius 3 is 2.90 bits per heavy atom. The van der Waals surface area contributed by atoms with Gasteiger partial charge in [-0.3, -0.25) is 0 Å². The summed E-state index contributed by atoms with van der Waals surface area (Å²) in [6, 6.07) is 5.73. The van der Waals surface area contributed by atoms with Crippen molar-refractivity contribution in [1.82, 2.24) is 20.3 Å². The molecule has 114 valence electrons. The van der Waals surface area contributed by atoms with E-state index in [0.29, 0.717) is 41.5 Å². The number of halogens is 2. The van der Waals surface area contributed by atoms with Gasteiger partial charge in [-0.2, -0.15) is 0 Å². The molecule has 0 unspecified atom stereocenters. The number of rotatable bonds is 7. The van der Waals surface area contributed by atoms with Crippen LogP contribution in [0, 0.1) is 0 Å². The third-order valence-corrected chi connectivity index (χ3v) is 3.57. The van der Waals surface area contributed by atoms with Gasteiger partial charge < -0.3 is 10.1 Å². The van der Waals surface area contributed by atoms with E-state index in [4.69, 9.17) is 27.9 Å². The molecule has 0 aliphatic carbocycles. The topological polar surface area (TPSA) is 52.0 Å². The molecule has 0 aliphatic rings. The van der Waals surface area contributed by atoms with Crippen molar-refractivity contribution in [1.29, 1.82) is 0 Å². The molecule has 0 atom stereocenters. The molecule has 0 bridgehead atoms. The van der Waals surface area contributed by atoms with Crippen LogP contribution in [0.5, 0.6) is 5.75 Å². The van der Waals surface area contributed by atoms with Gasteiger partial charge in [-0.1, -0.05) is 48.3 Å². The molecular weight excluding hydrogens is 311 g/mol. The summed E-state index contributed by atoms with van der Waals surface area (Å²) in [6.07, 6.45) is 1.90. The normalized spacial score (nSPS) is 11.1. The molecule has 1 heterocycles. The highest BCUT2D eigenvalue weighted by Crippen LogP contribution is 2.31. The van der Waals surface area contributed by atoms with E-state index < -0.39 is 0 Å². The first-order valence-electron chi connectivity index (χ1n) is 6.75. The molecule has 1 aromatic heterocycles. The van der Waals surface area contributed by atoms with E-state index in [9.17, 15) is 0 Å². The van der Waals surface area contributed by atoms with Gasteiger partial charge >= 0.3 is 0 Å². The van der Waals surface area contributed by atoms with Crippen molar-refractivity contribution in [2.45, 2.75) is 33.0 Å². The van der Waals surface area contributed by atoms with Crippen LogP contribution in [0.15, 0.2) is 24.4 Å². The first-order chi connectivity index (χ1) is 10.1. The van der Waals surface area contributed by atoms with Crippen LogP contribution < -0.4 is 10.1 Å². The zero-order valence-electron chi connectivity index (χ0n) is 12.0. The lowest BCUT2D eigenvalue weighted by Crippen LogP contribution is -2.21. The smallest absolute Gasteiger partial charge is 0.139 e. The van der Waals surface area contributed by atoms with Gasteiger partial charge in [0, 0.05) is 18.8 Å². The van der Waals surface area contributed by atoms with Crippen molar-refractivity contribution >= 4 is 23.2 Å². The monoisotopic (exact) mass is 328 g/mol. The van der Waals surface area contributed by atoms with Crippen LogP contribution in [-0.2, 0) is 13.1 Å². The van der Waals surface area contributed by atoms with Crippen molar-refractivity contribution in [3.05, 3.63) is 40.1 Å². The van der Waals surface area contributed by atoms with Crippen LogP contribution >= 0.6 is 23.2 Å². The second kappa shape index (κ2) is 7.64. The molecular formula is C14H18Cl2N4O.